The Labute approximate surface area is 136 Å². The molecule has 2 aliphatic rings. The Kier molecular flexibility index (Phi) is 4.60. The van der Waals surface area contributed by atoms with Gasteiger partial charge in [-0.1, -0.05) is 22.9 Å². The maximum absolute atomic E-state index is 5.68. The Bertz CT molecular complexity index is 506. The van der Waals surface area contributed by atoms with Gasteiger partial charge in [-0.25, -0.2) is 0 Å². The molecule has 0 heterocycles. The lowest BCUT2D eigenvalue weighted by Gasteiger charge is -2.28. The third-order valence-corrected chi connectivity index (χ3v) is 6.07. The van der Waals surface area contributed by atoms with Gasteiger partial charge in [0.15, 0.2) is 0 Å². The summed E-state index contributed by atoms with van der Waals surface area (Å²) in [5, 5.41) is 3.79. The Morgan fingerprint density at radius 3 is 2.62 bits per heavy atom. The molecule has 3 rings (SSSR count). The van der Waals surface area contributed by atoms with Crippen LogP contribution in [0.5, 0.6) is 5.75 Å². The van der Waals surface area contributed by atoms with E-state index in [1.54, 1.807) is 7.11 Å². The second-order valence-corrected chi connectivity index (χ2v) is 7.62. The van der Waals surface area contributed by atoms with Gasteiger partial charge in [-0.3, -0.25) is 0 Å². The molecule has 0 aliphatic heterocycles. The highest BCUT2D eigenvalue weighted by atomic mass is 79.9. The van der Waals surface area contributed by atoms with Gasteiger partial charge in [-0.05, 0) is 74.6 Å². The maximum atomic E-state index is 5.68. The summed E-state index contributed by atoms with van der Waals surface area (Å²) in [6, 6.07) is 4.87. The van der Waals surface area contributed by atoms with Crippen molar-refractivity contribution in [3.05, 3.63) is 27.7 Å². The number of hydrogen-bond donors (Lipinski definition) is 1. The molecular weight excluding hydrogens is 326 g/mol. The standard InChI is InChI=1S/C18H26BrNO/c1-4-5-20-18(14-8-12-7-13(12)9-14)15-10-16(19)11(2)6-17(15)21-3/h6,10,12-14,18,20H,4-5,7-9H2,1-3H3. The van der Waals surface area contributed by atoms with Crippen molar-refractivity contribution in [2.75, 3.05) is 13.7 Å². The lowest BCUT2D eigenvalue weighted by molar-refractivity contribution is 0.326. The molecule has 0 amide bonds. The molecule has 0 spiro atoms. The average Bonchev–Trinajstić information content (AvgIpc) is 3.09. The third kappa shape index (κ3) is 3.14. The fourth-order valence-corrected chi connectivity index (χ4v) is 4.32. The van der Waals surface area contributed by atoms with E-state index in [-0.39, 0.29) is 0 Å². The number of rotatable bonds is 6. The van der Waals surface area contributed by atoms with Crippen molar-refractivity contribution < 1.29 is 4.74 Å². The molecule has 1 N–H and O–H groups in total. The van der Waals surface area contributed by atoms with E-state index in [0.717, 1.165) is 30.0 Å². The largest absolute Gasteiger partial charge is 0.496 e. The lowest BCUT2D eigenvalue weighted by Crippen LogP contribution is -2.29. The van der Waals surface area contributed by atoms with Gasteiger partial charge < -0.3 is 10.1 Å². The van der Waals surface area contributed by atoms with Gasteiger partial charge in [0.25, 0.3) is 0 Å². The minimum atomic E-state index is 0.435. The van der Waals surface area contributed by atoms with E-state index in [9.17, 15) is 0 Å². The van der Waals surface area contributed by atoms with Crippen LogP contribution in [0.15, 0.2) is 16.6 Å². The number of ether oxygens (including phenoxy) is 1. The first-order valence-electron chi connectivity index (χ1n) is 8.21. The molecule has 1 aromatic rings. The van der Waals surface area contributed by atoms with Crippen LogP contribution >= 0.6 is 15.9 Å². The predicted molar refractivity (Wildman–Crippen MR) is 90.8 cm³/mol. The van der Waals surface area contributed by atoms with E-state index in [0.29, 0.717) is 6.04 Å². The number of benzene rings is 1. The molecule has 2 saturated carbocycles. The van der Waals surface area contributed by atoms with Gasteiger partial charge in [0.2, 0.25) is 0 Å². The molecule has 2 aliphatic carbocycles. The molecule has 0 saturated heterocycles. The fourth-order valence-electron chi connectivity index (χ4n) is 3.95. The smallest absolute Gasteiger partial charge is 0.123 e. The van der Waals surface area contributed by atoms with E-state index in [1.807, 2.05) is 0 Å². The Morgan fingerprint density at radius 2 is 2.00 bits per heavy atom. The van der Waals surface area contributed by atoms with Gasteiger partial charge >= 0.3 is 0 Å². The van der Waals surface area contributed by atoms with Crippen molar-refractivity contribution in [1.29, 1.82) is 0 Å². The zero-order valence-corrected chi connectivity index (χ0v) is 14.9. The highest BCUT2D eigenvalue weighted by molar-refractivity contribution is 9.10. The number of halogens is 1. The van der Waals surface area contributed by atoms with Gasteiger partial charge in [-0.15, -0.1) is 0 Å². The first-order valence-corrected chi connectivity index (χ1v) is 9.00. The molecule has 2 fully saturated rings. The van der Waals surface area contributed by atoms with Crippen LogP contribution in [0.1, 0.15) is 49.8 Å². The number of methoxy groups -OCH3 is 1. The predicted octanol–water partition coefficient (Wildman–Crippen LogP) is 4.85. The zero-order chi connectivity index (χ0) is 15.0. The van der Waals surface area contributed by atoms with E-state index < -0.39 is 0 Å². The molecule has 3 atom stereocenters. The van der Waals surface area contributed by atoms with Crippen LogP contribution in [0.3, 0.4) is 0 Å². The van der Waals surface area contributed by atoms with Crippen molar-refractivity contribution in [3.63, 3.8) is 0 Å². The minimum absolute atomic E-state index is 0.435. The molecule has 0 radical (unpaired) electrons. The van der Waals surface area contributed by atoms with Gasteiger partial charge in [-0.2, -0.15) is 0 Å². The van der Waals surface area contributed by atoms with Crippen LogP contribution in [-0.4, -0.2) is 13.7 Å². The lowest BCUT2D eigenvalue weighted by atomic mass is 9.88. The average molecular weight is 352 g/mol. The normalized spacial score (nSPS) is 28.3. The zero-order valence-electron chi connectivity index (χ0n) is 13.3. The highest BCUT2D eigenvalue weighted by Crippen LogP contribution is 2.57. The summed E-state index contributed by atoms with van der Waals surface area (Å²) in [5.74, 6) is 3.83. The highest BCUT2D eigenvalue weighted by Gasteiger charge is 2.48. The Balaban J connectivity index is 1.89. The van der Waals surface area contributed by atoms with Gasteiger partial charge in [0.05, 0.1) is 7.11 Å². The molecule has 2 nitrogen and oxygen atoms in total. The monoisotopic (exact) mass is 351 g/mol. The molecular formula is C18H26BrNO. The fraction of sp³-hybridized carbons (Fsp3) is 0.667. The number of nitrogens with one attached hydrogen (secondary N) is 1. The summed E-state index contributed by atoms with van der Waals surface area (Å²) < 4.78 is 6.86. The second-order valence-electron chi connectivity index (χ2n) is 6.76. The van der Waals surface area contributed by atoms with Crippen LogP contribution in [0.2, 0.25) is 0 Å². The Hall–Kier alpha value is -0.540. The van der Waals surface area contributed by atoms with Crippen LogP contribution in [0.25, 0.3) is 0 Å². The van der Waals surface area contributed by atoms with E-state index in [2.05, 4.69) is 47.2 Å². The molecule has 0 bridgehead atoms. The Morgan fingerprint density at radius 1 is 1.29 bits per heavy atom. The van der Waals surface area contributed by atoms with E-state index in [1.165, 1.54) is 41.3 Å². The quantitative estimate of drug-likeness (QED) is 0.790. The van der Waals surface area contributed by atoms with E-state index >= 15 is 0 Å². The van der Waals surface area contributed by atoms with Gasteiger partial charge in [0, 0.05) is 16.1 Å². The summed E-state index contributed by atoms with van der Waals surface area (Å²) >= 11 is 3.69. The number of fused-ring (bicyclic) bond motifs is 1. The van der Waals surface area contributed by atoms with E-state index in [4.69, 9.17) is 4.74 Å². The molecule has 3 heteroatoms. The van der Waals surface area contributed by atoms with Crippen molar-refractivity contribution in [1.82, 2.24) is 5.32 Å². The van der Waals surface area contributed by atoms with Crippen LogP contribution in [-0.2, 0) is 0 Å². The van der Waals surface area contributed by atoms with Crippen LogP contribution in [0.4, 0.5) is 0 Å². The molecule has 3 unspecified atom stereocenters. The number of aryl methyl sites for hydroxylation is 1. The van der Waals surface area contributed by atoms with Crippen molar-refractivity contribution >= 4 is 15.9 Å². The molecule has 0 aromatic heterocycles. The second kappa shape index (κ2) is 6.29. The summed E-state index contributed by atoms with van der Waals surface area (Å²) in [6.45, 7) is 5.43. The molecule has 21 heavy (non-hydrogen) atoms. The van der Waals surface area contributed by atoms with Gasteiger partial charge in [0.1, 0.15) is 5.75 Å². The summed E-state index contributed by atoms with van der Waals surface area (Å²) in [4.78, 5) is 0. The first-order chi connectivity index (χ1) is 10.1. The summed E-state index contributed by atoms with van der Waals surface area (Å²) in [7, 11) is 1.79. The van der Waals surface area contributed by atoms with Crippen molar-refractivity contribution in [3.8, 4) is 5.75 Å². The molecule has 1 aromatic carbocycles. The topological polar surface area (TPSA) is 21.3 Å². The maximum Gasteiger partial charge on any atom is 0.123 e. The van der Waals surface area contributed by atoms with Crippen LogP contribution < -0.4 is 10.1 Å². The van der Waals surface area contributed by atoms with Crippen LogP contribution in [0, 0.1) is 24.7 Å². The third-order valence-electron chi connectivity index (χ3n) is 5.21. The minimum Gasteiger partial charge on any atom is -0.496 e. The van der Waals surface area contributed by atoms with Crippen molar-refractivity contribution in [2.45, 2.75) is 45.6 Å². The first kappa shape index (κ1) is 15.4. The number of hydrogen-bond acceptors (Lipinski definition) is 2. The summed E-state index contributed by atoms with van der Waals surface area (Å²) in [6.07, 6.45) is 5.43. The molecule has 116 valence electrons. The summed E-state index contributed by atoms with van der Waals surface area (Å²) in [5.41, 5.74) is 2.56. The SMILES string of the molecule is CCCNC(c1cc(Br)c(C)cc1OC)C1CC2CC2C1. The van der Waals surface area contributed by atoms with Crippen molar-refractivity contribution in [2.24, 2.45) is 17.8 Å².